The van der Waals surface area contributed by atoms with Crippen LogP contribution in [0.4, 0.5) is 0 Å². The second kappa shape index (κ2) is 5.69. The summed E-state index contributed by atoms with van der Waals surface area (Å²) >= 11 is 1.94. The van der Waals surface area contributed by atoms with E-state index in [-0.39, 0.29) is 0 Å². The largest absolute Gasteiger partial charge is 0.314 e. The second-order valence-electron chi connectivity index (χ2n) is 4.42. The van der Waals surface area contributed by atoms with Gasteiger partial charge >= 0.3 is 0 Å². The molecule has 3 heteroatoms. The molecule has 1 N–H and O–H groups in total. The standard InChI is InChI=1S/C13H20N2S/c1-3-14-11-7-8-12(10(11)2)16-13-6-4-5-9-15-13/h4-6,9-12,14H,3,7-8H2,1-2H3. The molecule has 88 valence electrons. The predicted molar refractivity (Wildman–Crippen MR) is 69.7 cm³/mol. The second-order valence-corrected chi connectivity index (χ2v) is 5.68. The molecule has 3 unspecified atom stereocenters. The molecule has 1 fully saturated rings. The Bertz CT molecular complexity index is 315. The molecule has 2 rings (SSSR count). The van der Waals surface area contributed by atoms with Crippen LogP contribution in [0.15, 0.2) is 29.4 Å². The highest BCUT2D eigenvalue weighted by atomic mass is 32.2. The maximum Gasteiger partial charge on any atom is 0.0962 e. The summed E-state index contributed by atoms with van der Waals surface area (Å²) in [7, 11) is 0. The van der Waals surface area contributed by atoms with Crippen LogP contribution in [-0.4, -0.2) is 22.8 Å². The van der Waals surface area contributed by atoms with Crippen LogP contribution in [-0.2, 0) is 0 Å². The average Bonchev–Trinajstić information content (AvgIpc) is 2.64. The first-order valence-electron chi connectivity index (χ1n) is 6.12. The van der Waals surface area contributed by atoms with Crippen molar-refractivity contribution < 1.29 is 0 Å². The number of aromatic nitrogens is 1. The Kier molecular flexibility index (Phi) is 4.24. The van der Waals surface area contributed by atoms with E-state index in [0.29, 0.717) is 6.04 Å². The van der Waals surface area contributed by atoms with E-state index in [1.165, 1.54) is 12.8 Å². The normalized spacial score (nSPS) is 29.5. The number of hydrogen-bond donors (Lipinski definition) is 1. The lowest BCUT2D eigenvalue weighted by Crippen LogP contribution is -2.33. The number of pyridine rings is 1. The lowest BCUT2D eigenvalue weighted by molar-refractivity contribution is 0.441. The number of rotatable bonds is 4. The van der Waals surface area contributed by atoms with Crippen LogP contribution in [0.3, 0.4) is 0 Å². The molecule has 0 amide bonds. The van der Waals surface area contributed by atoms with Crippen LogP contribution in [0.25, 0.3) is 0 Å². The van der Waals surface area contributed by atoms with Gasteiger partial charge in [-0.05, 0) is 37.4 Å². The summed E-state index contributed by atoms with van der Waals surface area (Å²) in [6.07, 6.45) is 4.49. The predicted octanol–water partition coefficient (Wildman–Crippen LogP) is 2.95. The van der Waals surface area contributed by atoms with Gasteiger partial charge in [-0.25, -0.2) is 4.98 Å². The number of nitrogens with zero attached hydrogens (tertiary/aromatic N) is 1. The zero-order chi connectivity index (χ0) is 11.4. The van der Waals surface area contributed by atoms with Gasteiger partial charge in [-0.3, -0.25) is 0 Å². The minimum absolute atomic E-state index is 0.700. The summed E-state index contributed by atoms with van der Waals surface area (Å²) in [4.78, 5) is 4.39. The van der Waals surface area contributed by atoms with Crippen LogP contribution in [0, 0.1) is 5.92 Å². The van der Waals surface area contributed by atoms with Crippen LogP contribution in [0.2, 0.25) is 0 Å². The molecule has 0 spiro atoms. The van der Waals surface area contributed by atoms with Crippen molar-refractivity contribution in [1.82, 2.24) is 10.3 Å². The van der Waals surface area contributed by atoms with Gasteiger partial charge in [-0.2, -0.15) is 0 Å². The SMILES string of the molecule is CCNC1CCC(Sc2ccccn2)C1C. The Hall–Kier alpha value is -0.540. The quantitative estimate of drug-likeness (QED) is 0.870. The molecule has 0 aromatic carbocycles. The summed E-state index contributed by atoms with van der Waals surface area (Å²) in [5.74, 6) is 0.743. The van der Waals surface area contributed by atoms with Gasteiger partial charge in [-0.1, -0.05) is 19.9 Å². The zero-order valence-corrected chi connectivity index (χ0v) is 10.8. The molecule has 1 saturated carbocycles. The Labute approximate surface area is 102 Å². The average molecular weight is 236 g/mol. The lowest BCUT2D eigenvalue weighted by Gasteiger charge is -2.20. The Morgan fingerprint density at radius 1 is 1.44 bits per heavy atom. The van der Waals surface area contributed by atoms with Crippen LogP contribution in [0.5, 0.6) is 0 Å². The van der Waals surface area contributed by atoms with Crippen molar-refractivity contribution in [2.24, 2.45) is 5.92 Å². The molecule has 1 aromatic heterocycles. The molecule has 0 aliphatic heterocycles. The summed E-state index contributed by atoms with van der Waals surface area (Å²) < 4.78 is 0. The van der Waals surface area contributed by atoms with Crippen molar-refractivity contribution in [3.63, 3.8) is 0 Å². The molecule has 1 aliphatic rings. The van der Waals surface area contributed by atoms with E-state index in [0.717, 1.165) is 22.7 Å². The summed E-state index contributed by atoms with van der Waals surface area (Å²) in [6, 6.07) is 6.85. The van der Waals surface area contributed by atoms with Crippen LogP contribution < -0.4 is 5.32 Å². The van der Waals surface area contributed by atoms with E-state index in [1.807, 2.05) is 24.0 Å². The molecule has 3 atom stereocenters. The van der Waals surface area contributed by atoms with E-state index in [9.17, 15) is 0 Å². The molecule has 0 saturated heterocycles. The highest BCUT2D eigenvalue weighted by Gasteiger charge is 2.32. The van der Waals surface area contributed by atoms with Gasteiger partial charge in [0.1, 0.15) is 0 Å². The molecular formula is C13H20N2S. The van der Waals surface area contributed by atoms with E-state index >= 15 is 0 Å². The fourth-order valence-corrected chi connectivity index (χ4v) is 3.66. The Morgan fingerprint density at radius 3 is 3.00 bits per heavy atom. The third kappa shape index (κ3) is 2.77. The van der Waals surface area contributed by atoms with Gasteiger partial charge in [-0.15, -0.1) is 11.8 Å². The van der Waals surface area contributed by atoms with E-state index in [4.69, 9.17) is 0 Å². The molecule has 0 radical (unpaired) electrons. The van der Waals surface area contributed by atoms with E-state index in [2.05, 4.69) is 36.3 Å². The highest BCUT2D eigenvalue weighted by Crippen LogP contribution is 2.38. The number of hydrogen-bond acceptors (Lipinski definition) is 3. The molecule has 16 heavy (non-hydrogen) atoms. The van der Waals surface area contributed by atoms with Gasteiger partial charge in [0, 0.05) is 17.5 Å². The smallest absolute Gasteiger partial charge is 0.0962 e. The zero-order valence-electron chi connectivity index (χ0n) is 10.0. The first kappa shape index (κ1) is 11.9. The van der Waals surface area contributed by atoms with Crippen molar-refractivity contribution in [3.05, 3.63) is 24.4 Å². The summed E-state index contributed by atoms with van der Waals surface area (Å²) in [5.41, 5.74) is 0. The Morgan fingerprint density at radius 2 is 2.31 bits per heavy atom. The topological polar surface area (TPSA) is 24.9 Å². The monoisotopic (exact) mass is 236 g/mol. The third-order valence-electron chi connectivity index (χ3n) is 3.36. The summed E-state index contributed by atoms with van der Waals surface area (Å²) in [5, 5.41) is 5.46. The van der Waals surface area contributed by atoms with Crippen LogP contribution in [0.1, 0.15) is 26.7 Å². The first-order chi connectivity index (χ1) is 7.81. The molecule has 1 heterocycles. The molecular weight excluding hydrogens is 216 g/mol. The molecule has 2 nitrogen and oxygen atoms in total. The lowest BCUT2D eigenvalue weighted by atomic mass is 10.1. The number of thioether (sulfide) groups is 1. The van der Waals surface area contributed by atoms with Crippen molar-refractivity contribution in [1.29, 1.82) is 0 Å². The summed E-state index contributed by atoms with van der Waals surface area (Å²) in [6.45, 7) is 5.63. The van der Waals surface area contributed by atoms with Crippen LogP contribution >= 0.6 is 11.8 Å². The molecule has 1 aliphatic carbocycles. The molecule has 0 bridgehead atoms. The van der Waals surface area contributed by atoms with E-state index < -0.39 is 0 Å². The molecule has 1 aromatic rings. The van der Waals surface area contributed by atoms with Gasteiger partial charge < -0.3 is 5.32 Å². The van der Waals surface area contributed by atoms with Gasteiger partial charge in [0.2, 0.25) is 0 Å². The van der Waals surface area contributed by atoms with Crippen molar-refractivity contribution in [3.8, 4) is 0 Å². The van der Waals surface area contributed by atoms with Gasteiger partial charge in [0.15, 0.2) is 0 Å². The third-order valence-corrected chi connectivity index (χ3v) is 4.81. The fourth-order valence-electron chi connectivity index (χ4n) is 2.42. The Balaban J connectivity index is 1.92. The van der Waals surface area contributed by atoms with Crippen molar-refractivity contribution in [2.75, 3.05) is 6.54 Å². The van der Waals surface area contributed by atoms with E-state index in [1.54, 1.807) is 0 Å². The minimum Gasteiger partial charge on any atom is -0.314 e. The van der Waals surface area contributed by atoms with Gasteiger partial charge in [0.05, 0.1) is 5.03 Å². The van der Waals surface area contributed by atoms with Crippen molar-refractivity contribution in [2.45, 2.75) is 43.0 Å². The maximum absolute atomic E-state index is 4.39. The highest BCUT2D eigenvalue weighted by molar-refractivity contribution is 7.99. The number of nitrogens with one attached hydrogen (secondary N) is 1. The maximum atomic E-state index is 4.39. The first-order valence-corrected chi connectivity index (χ1v) is 7.00. The van der Waals surface area contributed by atoms with Gasteiger partial charge in [0.25, 0.3) is 0 Å². The minimum atomic E-state index is 0.700. The fraction of sp³-hybridized carbons (Fsp3) is 0.615. The van der Waals surface area contributed by atoms with Crippen molar-refractivity contribution >= 4 is 11.8 Å².